The summed E-state index contributed by atoms with van der Waals surface area (Å²) in [5, 5.41) is 0.151. The lowest BCUT2D eigenvalue weighted by Crippen LogP contribution is -2.24. The van der Waals surface area contributed by atoms with Gasteiger partial charge in [-0.15, -0.1) is 0 Å². The minimum Gasteiger partial charge on any atom is -0.490 e. The van der Waals surface area contributed by atoms with E-state index in [-0.39, 0.29) is 28.2 Å². The molecule has 1 aliphatic rings. The molecule has 2 aromatic carbocycles. The van der Waals surface area contributed by atoms with Crippen molar-refractivity contribution < 1.29 is 27.4 Å². The minimum absolute atomic E-state index is 0.0536. The van der Waals surface area contributed by atoms with Gasteiger partial charge in [-0.2, -0.15) is 13.2 Å². The van der Waals surface area contributed by atoms with E-state index in [4.69, 9.17) is 4.74 Å². The van der Waals surface area contributed by atoms with Gasteiger partial charge in [0.15, 0.2) is 0 Å². The van der Waals surface area contributed by atoms with Crippen LogP contribution in [0.1, 0.15) is 48.5 Å². The van der Waals surface area contributed by atoms with E-state index < -0.39 is 17.7 Å². The van der Waals surface area contributed by atoms with Gasteiger partial charge in [0.2, 0.25) is 0 Å². The number of methoxy groups -OCH3 is 1. The van der Waals surface area contributed by atoms with Crippen LogP contribution in [-0.2, 0) is 10.9 Å². The third kappa shape index (κ3) is 3.64. The number of carbonyl (C=O) groups is 1. The van der Waals surface area contributed by atoms with Gasteiger partial charge in [0.05, 0.1) is 18.8 Å². The monoisotopic (exact) mass is 366 g/mol. The molecule has 3 nitrogen and oxygen atoms in total. The van der Waals surface area contributed by atoms with E-state index >= 15 is 0 Å². The standard InChI is InChI=1S/C20H21F3O3/c1-12-6-8-13(9-7-12)26-17-11-10-14-15(18(17)20(21,22)23)4-3-5-16(14)19(24)25-2/h3-5,10-13H,6-9H2,1-2H3/t12-,13+. The second-order valence-electron chi connectivity index (χ2n) is 6.83. The van der Waals surface area contributed by atoms with E-state index in [2.05, 4.69) is 11.7 Å². The molecule has 26 heavy (non-hydrogen) atoms. The summed E-state index contributed by atoms with van der Waals surface area (Å²) in [5.41, 5.74) is -0.729. The average molecular weight is 366 g/mol. The number of alkyl halides is 3. The Kier molecular flexibility index (Phi) is 5.12. The molecule has 0 spiro atoms. The van der Waals surface area contributed by atoms with Crippen LogP contribution in [-0.4, -0.2) is 19.2 Å². The second-order valence-corrected chi connectivity index (χ2v) is 6.83. The van der Waals surface area contributed by atoms with Gasteiger partial charge in [0.1, 0.15) is 11.3 Å². The predicted octanol–water partition coefficient (Wildman–Crippen LogP) is 5.60. The van der Waals surface area contributed by atoms with Crippen LogP contribution in [0.4, 0.5) is 13.2 Å². The van der Waals surface area contributed by atoms with Crippen molar-refractivity contribution in [3.05, 3.63) is 41.5 Å². The molecular weight excluding hydrogens is 345 g/mol. The van der Waals surface area contributed by atoms with E-state index in [1.165, 1.54) is 37.4 Å². The lowest BCUT2D eigenvalue weighted by atomic mass is 9.89. The topological polar surface area (TPSA) is 35.5 Å². The van der Waals surface area contributed by atoms with E-state index in [1.807, 2.05) is 0 Å². The smallest absolute Gasteiger partial charge is 0.420 e. The number of hydrogen-bond acceptors (Lipinski definition) is 3. The summed E-state index contributed by atoms with van der Waals surface area (Å²) in [6.07, 6.45) is -1.41. The van der Waals surface area contributed by atoms with Gasteiger partial charge in [-0.3, -0.25) is 0 Å². The Bertz CT molecular complexity index is 806. The van der Waals surface area contributed by atoms with Crippen LogP contribution in [0.15, 0.2) is 30.3 Å². The molecule has 3 rings (SSSR count). The molecule has 0 saturated heterocycles. The fraction of sp³-hybridized carbons (Fsp3) is 0.450. The Hall–Kier alpha value is -2.24. The van der Waals surface area contributed by atoms with Crippen molar-refractivity contribution in [3.8, 4) is 5.75 Å². The molecule has 0 radical (unpaired) electrons. The van der Waals surface area contributed by atoms with Gasteiger partial charge < -0.3 is 9.47 Å². The summed E-state index contributed by atoms with van der Waals surface area (Å²) in [6.45, 7) is 2.14. The van der Waals surface area contributed by atoms with Crippen LogP contribution < -0.4 is 4.74 Å². The highest BCUT2D eigenvalue weighted by Gasteiger charge is 2.37. The van der Waals surface area contributed by atoms with Crippen molar-refractivity contribution in [2.45, 2.75) is 44.9 Å². The highest BCUT2D eigenvalue weighted by atomic mass is 19.4. The van der Waals surface area contributed by atoms with Crippen LogP contribution in [0.25, 0.3) is 10.8 Å². The van der Waals surface area contributed by atoms with E-state index in [0.717, 1.165) is 25.7 Å². The zero-order chi connectivity index (χ0) is 18.9. The quantitative estimate of drug-likeness (QED) is 0.663. The molecule has 0 heterocycles. The van der Waals surface area contributed by atoms with Crippen LogP contribution in [0.3, 0.4) is 0 Å². The number of rotatable bonds is 3. The van der Waals surface area contributed by atoms with Crippen LogP contribution in [0.5, 0.6) is 5.75 Å². The summed E-state index contributed by atoms with van der Waals surface area (Å²) >= 11 is 0. The molecule has 0 aromatic heterocycles. The molecule has 140 valence electrons. The third-order valence-electron chi connectivity index (χ3n) is 4.97. The summed E-state index contributed by atoms with van der Waals surface area (Å²) in [7, 11) is 1.20. The zero-order valence-corrected chi connectivity index (χ0v) is 14.7. The fourth-order valence-electron chi connectivity index (χ4n) is 3.54. The Balaban J connectivity index is 2.08. The van der Waals surface area contributed by atoms with Crippen molar-refractivity contribution in [2.75, 3.05) is 7.11 Å². The first-order chi connectivity index (χ1) is 12.3. The molecule has 0 bridgehead atoms. The number of esters is 1. The van der Waals surface area contributed by atoms with Crippen molar-refractivity contribution in [2.24, 2.45) is 5.92 Å². The third-order valence-corrected chi connectivity index (χ3v) is 4.97. The van der Waals surface area contributed by atoms with Crippen molar-refractivity contribution in [3.63, 3.8) is 0 Å². The molecule has 1 saturated carbocycles. The van der Waals surface area contributed by atoms with Crippen molar-refractivity contribution in [1.29, 1.82) is 0 Å². The Morgan fingerprint density at radius 3 is 2.35 bits per heavy atom. The molecule has 0 amide bonds. The summed E-state index contributed by atoms with van der Waals surface area (Å²) < 4.78 is 51.9. The number of benzene rings is 2. The maximum absolute atomic E-state index is 13.8. The van der Waals surface area contributed by atoms with Gasteiger partial charge >= 0.3 is 12.1 Å². The summed E-state index contributed by atoms with van der Waals surface area (Å²) in [5.74, 6) is -0.263. The van der Waals surface area contributed by atoms with E-state index in [0.29, 0.717) is 5.92 Å². The van der Waals surface area contributed by atoms with Crippen LogP contribution in [0.2, 0.25) is 0 Å². The summed E-state index contributed by atoms with van der Waals surface area (Å²) in [4.78, 5) is 11.9. The number of hydrogen-bond donors (Lipinski definition) is 0. The van der Waals surface area contributed by atoms with Gasteiger partial charge in [-0.1, -0.05) is 19.1 Å². The number of halogens is 3. The Labute approximate surface area is 150 Å². The van der Waals surface area contributed by atoms with Gasteiger partial charge in [0.25, 0.3) is 0 Å². The number of carbonyl (C=O) groups excluding carboxylic acids is 1. The van der Waals surface area contributed by atoms with Gasteiger partial charge in [-0.25, -0.2) is 4.79 Å². The van der Waals surface area contributed by atoms with Crippen molar-refractivity contribution in [1.82, 2.24) is 0 Å². The first-order valence-electron chi connectivity index (χ1n) is 8.69. The normalized spacial score (nSPS) is 20.8. The lowest BCUT2D eigenvalue weighted by Gasteiger charge is -2.28. The Morgan fingerprint density at radius 1 is 1.04 bits per heavy atom. The predicted molar refractivity (Wildman–Crippen MR) is 92.3 cm³/mol. The first kappa shape index (κ1) is 18.5. The first-order valence-corrected chi connectivity index (χ1v) is 8.69. The van der Waals surface area contributed by atoms with Crippen molar-refractivity contribution >= 4 is 16.7 Å². The number of fused-ring (bicyclic) bond motifs is 1. The zero-order valence-electron chi connectivity index (χ0n) is 14.7. The SMILES string of the molecule is COC(=O)c1cccc2c(C(F)(F)F)c(O[C@H]3CC[C@@H](C)CC3)ccc12. The van der Waals surface area contributed by atoms with E-state index in [9.17, 15) is 18.0 Å². The molecule has 2 aromatic rings. The van der Waals surface area contributed by atoms with E-state index in [1.54, 1.807) is 0 Å². The highest BCUT2D eigenvalue weighted by molar-refractivity contribution is 6.06. The van der Waals surface area contributed by atoms with Crippen LogP contribution in [0, 0.1) is 5.92 Å². The van der Waals surface area contributed by atoms with Crippen LogP contribution >= 0.6 is 0 Å². The second kappa shape index (κ2) is 7.17. The molecule has 0 aliphatic heterocycles. The van der Waals surface area contributed by atoms with Gasteiger partial charge in [-0.05, 0) is 60.6 Å². The molecule has 6 heteroatoms. The maximum Gasteiger partial charge on any atom is 0.420 e. The molecule has 1 fully saturated rings. The molecular formula is C20H21F3O3. The highest BCUT2D eigenvalue weighted by Crippen LogP contribution is 2.43. The molecule has 0 atom stereocenters. The molecule has 1 aliphatic carbocycles. The fourth-order valence-corrected chi connectivity index (χ4v) is 3.54. The largest absolute Gasteiger partial charge is 0.490 e. The molecule has 0 unspecified atom stereocenters. The molecule has 0 N–H and O–H groups in total. The number of ether oxygens (including phenoxy) is 2. The van der Waals surface area contributed by atoms with Gasteiger partial charge in [0, 0.05) is 0 Å². The minimum atomic E-state index is -4.59. The summed E-state index contributed by atoms with van der Waals surface area (Å²) in [6, 6.07) is 7.06. The lowest BCUT2D eigenvalue weighted by molar-refractivity contribution is -0.138. The Morgan fingerprint density at radius 2 is 1.73 bits per heavy atom. The average Bonchev–Trinajstić information content (AvgIpc) is 2.61. The maximum atomic E-state index is 13.8.